The lowest BCUT2D eigenvalue weighted by Gasteiger charge is -2.33. The van der Waals surface area contributed by atoms with Crippen LogP contribution < -0.4 is 0 Å². The van der Waals surface area contributed by atoms with E-state index in [-0.39, 0.29) is 6.61 Å². The van der Waals surface area contributed by atoms with Gasteiger partial charge in [0.05, 0.1) is 23.0 Å². The van der Waals surface area contributed by atoms with Gasteiger partial charge in [-0.2, -0.15) is 0 Å². The number of rotatable bonds is 11. The molecular weight excluding hydrogens is 394 g/mol. The van der Waals surface area contributed by atoms with Gasteiger partial charge in [0.15, 0.2) is 0 Å². The second-order valence-electron chi connectivity index (χ2n) is 6.82. The van der Waals surface area contributed by atoms with Crippen molar-refractivity contribution in [2.24, 2.45) is 0 Å². The predicted octanol–water partition coefficient (Wildman–Crippen LogP) is 1.89. The molecule has 0 radical (unpaired) electrons. The molecule has 1 aromatic heterocycles. The zero-order chi connectivity index (χ0) is 21.6. The Kier molecular flexibility index (Phi) is 8.31. The Morgan fingerprint density at radius 2 is 2.17 bits per heavy atom. The SMILES string of the molecule is C=C(C1=C(N(C)C=O)N(C)C(OCC)N1Cc1ccc(Cl)cn1)N(C)CCCO. The highest BCUT2D eigenvalue weighted by Crippen LogP contribution is 2.36. The van der Waals surface area contributed by atoms with Crippen molar-refractivity contribution in [2.75, 3.05) is 40.9 Å². The molecule has 1 amide bonds. The van der Waals surface area contributed by atoms with Crippen molar-refractivity contribution >= 4 is 18.0 Å². The molecule has 8 nitrogen and oxygen atoms in total. The Morgan fingerprint density at radius 1 is 1.45 bits per heavy atom. The van der Waals surface area contributed by atoms with E-state index in [9.17, 15) is 9.90 Å². The minimum Gasteiger partial charge on any atom is -0.396 e. The number of aliphatic hydroxyl groups excluding tert-OH is 1. The Balaban J connectivity index is 2.49. The highest BCUT2D eigenvalue weighted by Gasteiger charge is 2.40. The summed E-state index contributed by atoms with van der Waals surface area (Å²) in [5.41, 5.74) is 2.31. The molecule has 2 heterocycles. The van der Waals surface area contributed by atoms with E-state index < -0.39 is 6.35 Å². The maximum absolute atomic E-state index is 11.6. The van der Waals surface area contributed by atoms with Crippen LogP contribution in [0.5, 0.6) is 0 Å². The standard InChI is InChI=1S/C20H30ClN5O3/c1-6-29-20-25(5)19(24(4)14-28)18(15(2)23(3)10-7-11-27)26(20)13-17-9-8-16(21)12-22-17/h8-9,12,14,20,27H,2,6-7,10-11,13H2,1,3-5H3. The molecule has 2 rings (SSSR count). The second-order valence-corrected chi connectivity index (χ2v) is 7.26. The Morgan fingerprint density at radius 3 is 2.72 bits per heavy atom. The third-order valence-corrected chi connectivity index (χ3v) is 4.97. The molecule has 1 N–H and O–H groups in total. The number of amides is 1. The maximum atomic E-state index is 11.6. The largest absolute Gasteiger partial charge is 0.396 e. The monoisotopic (exact) mass is 423 g/mol. The van der Waals surface area contributed by atoms with Gasteiger partial charge in [0, 0.05) is 47.1 Å². The molecule has 0 fully saturated rings. The van der Waals surface area contributed by atoms with E-state index in [1.807, 2.05) is 41.8 Å². The van der Waals surface area contributed by atoms with Crippen molar-refractivity contribution in [3.63, 3.8) is 0 Å². The molecule has 1 unspecified atom stereocenters. The fraction of sp³-hybridized carbons (Fsp3) is 0.500. The van der Waals surface area contributed by atoms with Crippen molar-refractivity contribution in [3.8, 4) is 0 Å². The summed E-state index contributed by atoms with van der Waals surface area (Å²) in [7, 11) is 5.50. The van der Waals surface area contributed by atoms with Crippen LogP contribution in [-0.2, 0) is 16.1 Å². The van der Waals surface area contributed by atoms with Gasteiger partial charge in [-0.15, -0.1) is 0 Å². The quantitative estimate of drug-likeness (QED) is 0.545. The predicted molar refractivity (Wildman–Crippen MR) is 112 cm³/mol. The van der Waals surface area contributed by atoms with Gasteiger partial charge < -0.3 is 29.4 Å². The molecule has 1 atom stereocenters. The summed E-state index contributed by atoms with van der Waals surface area (Å²) in [5.74, 6) is 0.688. The summed E-state index contributed by atoms with van der Waals surface area (Å²) in [6.45, 7) is 7.87. The molecule has 9 heteroatoms. The normalized spacial score (nSPS) is 16.4. The van der Waals surface area contributed by atoms with E-state index in [0.717, 1.165) is 23.5 Å². The molecular formula is C20H30ClN5O3. The fourth-order valence-electron chi connectivity index (χ4n) is 3.29. The number of carbonyl (C=O) groups is 1. The van der Waals surface area contributed by atoms with Gasteiger partial charge in [0.2, 0.25) is 12.8 Å². The Hall–Kier alpha value is -2.29. The molecule has 0 saturated carbocycles. The Bertz CT molecular complexity index is 740. The third-order valence-electron chi connectivity index (χ3n) is 4.75. The molecule has 160 valence electrons. The lowest BCUT2D eigenvalue weighted by atomic mass is 10.2. The number of likely N-dealkylation sites (N-methyl/N-ethyl adjacent to an activating group) is 1. The smallest absolute Gasteiger partial charge is 0.215 e. The lowest BCUT2D eigenvalue weighted by Crippen LogP contribution is -2.42. The van der Waals surface area contributed by atoms with Gasteiger partial charge in [-0.25, -0.2) is 0 Å². The number of hydrogen-bond donors (Lipinski definition) is 1. The van der Waals surface area contributed by atoms with Gasteiger partial charge in [0.25, 0.3) is 0 Å². The van der Waals surface area contributed by atoms with Crippen LogP contribution in [0.4, 0.5) is 0 Å². The molecule has 0 aromatic carbocycles. The van der Waals surface area contributed by atoms with Gasteiger partial charge >= 0.3 is 0 Å². The van der Waals surface area contributed by atoms with Gasteiger partial charge in [-0.05, 0) is 25.5 Å². The number of halogens is 1. The van der Waals surface area contributed by atoms with Gasteiger partial charge in [-0.3, -0.25) is 9.78 Å². The molecule has 0 spiro atoms. The van der Waals surface area contributed by atoms with E-state index in [1.165, 1.54) is 4.90 Å². The minimum atomic E-state index is -0.423. The van der Waals surface area contributed by atoms with E-state index >= 15 is 0 Å². The van der Waals surface area contributed by atoms with Crippen molar-refractivity contribution in [1.29, 1.82) is 0 Å². The molecule has 0 bridgehead atoms. The van der Waals surface area contributed by atoms with Crippen molar-refractivity contribution in [2.45, 2.75) is 26.2 Å². The first-order valence-corrected chi connectivity index (χ1v) is 9.88. The number of hydrogen-bond acceptors (Lipinski definition) is 7. The van der Waals surface area contributed by atoms with E-state index in [4.69, 9.17) is 16.3 Å². The molecule has 1 aliphatic rings. The van der Waals surface area contributed by atoms with Crippen molar-refractivity contribution < 1.29 is 14.6 Å². The third kappa shape index (κ3) is 5.20. The molecule has 29 heavy (non-hydrogen) atoms. The number of aromatic nitrogens is 1. The number of ether oxygens (including phenoxy) is 1. The van der Waals surface area contributed by atoms with Crippen molar-refractivity contribution in [1.82, 2.24) is 24.6 Å². The summed E-state index contributed by atoms with van der Waals surface area (Å²) >= 11 is 5.98. The summed E-state index contributed by atoms with van der Waals surface area (Å²) in [6, 6.07) is 3.66. The van der Waals surface area contributed by atoms with Gasteiger partial charge in [0.1, 0.15) is 11.5 Å². The van der Waals surface area contributed by atoms with Crippen LogP contribution in [0.3, 0.4) is 0 Å². The molecule has 1 aliphatic heterocycles. The van der Waals surface area contributed by atoms with Gasteiger partial charge in [-0.1, -0.05) is 18.2 Å². The topological polar surface area (TPSA) is 72.4 Å². The summed E-state index contributed by atoms with van der Waals surface area (Å²) in [6.07, 6.45) is 2.56. The number of nitrogens with zero attached hydrogens (tertiary/aromatic N) is 5. The van der Waals surface area contributed by atoms with E-state index in [0.29, 0.717) is 37.0 Å². The van der Waals surface area contributed by atoms with Crippen LogP contribution >= 0.6 is 11.6 Å². The van der Waals surface area contributed by atoms with Crippen molar-refractivity contribution in [3.05, 3.63) is 52.8 Å². The van der Waals surface area contributed by atoms with E-state index in [1.54, 1.807) is 19.3 Å². The van der Waals surface area contributed by atoms with Crippen LogP contribution in [-0.4, -0.2) is 83.4 Å². The first-order valence-electron chi connectivity index (χ1n) is 9.50. The average Bonchev–Trinajstić information content (AvgIpc) is 2.98. The van der Waals surface area contributed by atoms with Crippen LogP contribution in [0.15, 0.2) is 42.1 Å². The van der Waals surface area contributed by atoms with Crippen LogP contribution in [0.2, 0.25) is 5.02 Å². The zero-order valence-corrected chi connectivity index (χ0v) is 18.3. The first kappa shape index (κ1) is 23.0. The van der Waals surface area contributed by atoms with Crippen LogP contribution in [0.25, 0.3) is 0 Å². The van der Waals surface area contributed by atoms with E-state index in [2.05, 4.69) is 11.6 Å². The average molecular weight is 424 g/mol. The minimum absolute atomic E-state index is 0.0949. The lowest BCUT2D eigenvalue weighted by molar-refractivity contribution is -0.120. The highest BCUT2D eigenvalue weighted by molar-refractivity contribution is 6.30. The fourth-order valence-corrected chi connectivity index (χ4v) is 3.40. The summed E-state index contributed by atoms with van der Waals surface area (Å²) in [4.78, 5) is 23.5. The first-order chi connectivity index (χ1) is 13.8. The number of pyridine rings is 1. The number of carbonyl (C=O) groups excluding carboxylic acids is 1. The molecule has 1 aromatic rings. The summed E-state index contributed by atoms with van der Waals surface area (Å²) in [5, 5.41) is 9.75. The molecule has 0 aliphatic carbocycles. The Labute approximate surface area is 177 Å². The second kappa shape index (κ2) is 10.5. The molecule has 0 saturated heterocycles. The maximum Gasteiger partial charge on any atom is 0.215 e. The summed E-state index contributed by atoms with van der Waals surface area (Å²) < 4.78 is 6.00. The van der Waals surface area contributed by atoms with Crippen LogP contribution in [0.1, 0.15) is 19.0 Å². The highest BCUT2D eigenvalue weighted by atomic mass is 35.5. The number of aliphatic hydroxyl groups is 1. The zero-order valence-electron chi connectivity index (χ0n) is 17.5. The van der Waals surface area contributed by atoms with Crippen LogP contribution in [0, 0.1) is 0 Å².